The van der Waals surface area contributed by atoms with Gasteiger partial charge in [-0.05, 0) is 37.0 Å². The number of likely N-dealkylation sites (tertiary alicyclic amines) is 1. The minimum absolute atomic E-state index is 0.0193. The zero-order chi connectivity index (χ0) is 17.1. The van der Waals surface area contributed by atoms with E-state index in [0.717, 1.165) is 37.3 Å². The highest BCUT2D eigenvalue weighted by molar-refractivity contribution is 5.75. The molecule has 1 saturated heterocycles. The minimum atomic E-state index is -0.0221. The molecule has 1 fully saturated rings. The molecule has 6 heteroatoms. The van der Waals surface area contributed by atoms with Crippen molar-refractivity contribution in [1.82, 2.24) is 24.8 Å². The van der Waals surface area contributed by atoms with Crippen molar-refractivity contribution in [3.05, 3.63) is 66.1 Å². The molecule has 1 N–H and O–H groups in total. The van der Waals surface area contributed by atoms with E-state index < -0.39 is 0 Å². The van der Waals surface area contributed by atoms with Gasteiger partial charge in [-0.25, -0.2) is 4.79 Å². The van der Waals surface area contributed by atoms with E-state index in [2.05, 4.69) is 27.6 Å². The molecule has 4 rings (SSSR count). The van der Waals surface area contributed by atoms with Gasteiger partial charge in [-0.3, -0.25) is 4.40 Å². The summed E-state index contributed by atoms with van der Waals surface area (Å²) in [5.41, 5.74) is 2.04. The summed E-state index contributed by atoms with van der Waals surface area (Å²) in [6.07, 6.45) is 4.69. The number of hydrogen-bond donors (Lipinski definition) is 1. The number of pyridine rings is 1. The van der Waals surface area contributed by atoms with Gasteiger partial charge in [-0.2, -0.15) is 0 Å². The van der Waals surface area contributed by atoms with E-state index >= 15 is 0 Å². The predicted octanol–water partition coefficient (Wildman–Crippen LogP) is 2.82. The number of urea groups is 1. The van der Waals surface area contributed by atoms with Gasteiger partial charge in [0.15, 0.2) is 11.5 Å². The summed E-state index contributed by atoms with van der Waals surface area (Å²) in [6, 6.07) is 16.0. The van der Waals surface area contributed by atoms with Crippen molar-refractivity contribution in [1.29, 1.82) is 0 Å². The molecule has 3 aromatic rings. The molecular formula is C19H21N5O. The van der Waals surface area contributed by atoms with Crippen LogP contribution < -0.4 is 5.32 Å². The first-order valence-electron chi connectivity index (χ1n) is 8.71. The topological polar surface area (TPSA) is 62.5 Å². The van der Waals surface area contributed by atoms with Crippen LogP contribution in [0.25, 0.3) is 5.65 Å². The molecule has 2 amide bonds. The average Bonchev–Trinajstić information content (AvgIpc) is 3.29. The lowest BCUT2D eigenvalue weighted by atomic mass is 10.1. The third-order valence-corrected chi connectivity index (χ3v) is 4.68. The first-order valence-corrected chi connectivity index (χ1v) is 8.71. The largest absolute Gasteiger partial charge is 0.338 e. The fraction of sp³-hybridized carbons (Fsp3) is 0.316. The Morgan fingerprint density at radius 2 is 1.96 bits per heavy atom. The summed E-state index contributed by atoms with van der Waals surface area (Å²) in [7, 11) is 0. The molecule has 0 saturated carbocycles. The van der Waals surface area contributed by atoms with Crippen LogP contribution in [0.3, 0.4) is 0 Å². The second kappa shape index (κ2) is 6.93. The maximum atomic E-state index is 12.6. The van der Waals surface area contributed by atoms with E-state index in [1.807, 2.05) is 51.9 Å². The van der Waals surface area contributed by atoms with Crippen LogP contribution in [-0.2, 0) is 6.42 Å². The Balaban J connectivity index is 1.43. The number of benzene rings is 1. The molecule has 1 atom stereocenters. The third-order valence-electron chi connectivity index (χ3n) is 4.68. The highest BCUT2D eigenvalue weighted by Crippen LogP contribution is 2.30. The van der Waals surface area contributed by atoms with Gasteiger partial charge in [0.1, 0.15) is 0 Å². The zero-order valence-corrected chi connectivity index (χ0v) is 14.0. The van der Waals surface area contributed by atoms with Crippen LogP contribution in [0.5, 0.6) is 0 Å². The molecule has 2 aromatic heterocycles. The summed E-state index contributed by atoms with van der Waals surface area (Å²) in [4.78, 5) is 14.5. The molecule has 0 bridgehead atoms. The van der Waals surface area contributed by atoms with Crippen LogP contribution in [0.15, 0.2) is 54.7 Å². The number of aromatic nitrogens is 3. The Morgan fingerprint density at radius 3 is 2.84 bits per heavy atom. The monoisotopic (exact) mass is 335 g/mol. The minimum Gasteiger partial charge on any atom is -0.338 e. The lowest BCUT2D eigenvalue weighted by molar-refractivity contribution is 0.191. The van der Waals surface area contributed by atoms with Crippen molar-refractivity contribution in [2.45, 2.75) is 25.3 Å². The molecule has 3 heterocycles. The molecule has 0 unspecified atom stereocenters. The van der Waals surface area contributed by atoms with Crippen molar-refractivity contribution < 1.29 is 4.79 Å². The second-order valence-corrected chi connectivity index (χ2v) is 6.31. The third kappa shape index (κ3) is 3.20. The molecule has 128 valence electrons. The smallest absolute Gasteiger partial charge is 0.318 e. The Morgan fingerprint density at radius 1 is 1.12 bits per heavy atom. The first kappa shape index (κ1) is 15.6. The van der Waals surface area contributed by atoms with Gasteiger partial charge in [-0.15, -0.1) is 10.2 Å². The molecule has 1 aromatic carbocycles. The maximum Gasteiger partial charge on any atom is 0.318 e. The fourth-order valence-corrected chi connectivity index (χ4v) is 3.43. The molecule has 1 aliphatic rings. The molecular weight excluding hydrogens is 314 g/mol. The van der Waals surface area contributed by atoms with Crippen molar-refractivity contribution in [2.24, 2.45) is 0 Å². The van der Waals surface area contributed by atoms with Gasteiger partial charge in [0.05, 0.1) is 6.04 Å². The SMILES string of the molecule is O=C(NCCc1ccccc1)N1CCC[C@H]1c1nnc2ccccn12. The van der Waals surface area contributed by atoms with Gasteiger partial charge >= 0.3 is 6.03 Å². The van der Waals surface area contributed by atoms with Gasteiger partial charge in [-0.1, -0.05) is 36.4 Å². The Kier molecular flexibility index (Phi) is 4.33. The zero-order valence-electron chi connectivity index (χ0n) is 14.0. The Bertz CT molecular complexity index is 860. The van der Waals surface area contributed by atoms with Crippen LogP contribution in [0.4, 0.5) is 4.79 Å². The number of carbonyl (C=O) groups is 1. The lowest BCUT2D eigenvalue weighted by Gasteiger charge is -2.23. The summed E-state index contributed by atoms with van der Waals surface area (Å²) >= 11 is 0. The number of hydrogen-bond acceptors (Lipinski definition) is 3. The highest BCUT2D eigenvalue weighted by atomic mass is 16.2. The van der Waals surface area contributed by atoms with E-state index in [-0.39, 0.29) is 12.1 Å². The highest BCUT2D eigenvalue weighted by Gasteiger charge is 2.33. The number of nitrogens with zero attached hydrogens (tertiary/aromatic N) is 4. The van der Waals surface area contributed by atoms with E-state index in [1.165, 1.54) is 5.56 Å². The number of amides is 2. The quantitative estimate of drug-likeness (QED) is 0.797. The van der Waals surface area contributed by atoms with Crippen LogP contribution in [-0.4, -0.2) is 38.6 Å². The standard InChI is InChI=1S/C19H21N5O/c25-19(20-12-11-15-7-2-1-3-8-15)23-14-6-9-16(23)18-22-21-17-10-4-5-13-24(17)18/h1-5,7-8,10,13,16H,6,9,11-12,14H2,(H,20,25)/t16-/m0/s1. The van der Waals surface area contributed by atoms with Gasteiger partial charge in [0, 0.05) is 19.3 Å². The van der Waals surface area contributed by atoms with Crippen LogP contribution in [0.1, 0.15) is 30.3 Å². The van der Waals surface area contributed by atoms with Crippen LogP contribution in [0.2, 0.25) is 0 Å². The molecule has 1 aliphatic heterocycles. The van der Waals surface area contributed by atoms with E-state index in [1.54, 1.807) is 0 Å². The van der Waals surface area contributed by atoms with Gasteiger partial charge < -0.3 is 10.2 Å². The molecule has 6 nitrogen and oxygen atoms in total. The summed E-state index contributed by atoms with van der Waals surface area (Å²) in [5.74, 6) is 0.839. The molecule has 0 spiro atoms. The number of fused-ring (bicyclic) bond motifs is 1. The molecule has 25 heavy (non-hydrogen) atoms. The van der Waals surface area contributed by atoms with Crippen LogP contribution in [0, 0.1) is 0 Å². The van der Waals surface area contributed by atoms with Crippen molar-refractivity contribution in [3.8, 4) is 0 Å². The van der Waals surface area contributed by atoms with Gasteiger partial charge in [0.25, 0.3) is 0 Å². The molecule has 0 radical (unpaired) electrons. The normalized spacial score (nSPS) is 17.1. The Hall–Kier alpha value is -2.89. The van der Waals surface area contributed by atoms with Crippen molar-refractivity contribution >= 4 is 11.7 Å². The lowest BCUT2D eigenvalue weighted by Crippen LogP contribution is -2.40. The maximum absolute atomic E-state index is 12.6. The van der Waals surface area contributed by atoms with Crippen LogP contribution >= 0.6 is 0 Å². The number of carbonyl (C=O) groups excluding carboxylic acids is 1. The first-order chi connectivity index (χ1) is 12.3. The van der Waals surface area contributed by atoms with E-state index in [9.17, 15) is 4.79 Å². The fourth-order valence-electron chi connectivity index (χ4n) is 3.43. The van der Waals surface area contributed by atoms with E-state index in [4.69, 9.17) is 0 Å². The van der Waals surface area contributed by atoms with Crippen molar-refractivity contribution in [2.75, 3.05) is 13.1 Å². The Labute approximate surface area is 146 Å². The van der Waals surface area contributed by atoms with E-state index in [0.29, 0.717) is 6.54 Å². The summed E-state index contributed by atoms with van der Waals surface area (Å²) in [5, 5.41) is 11.6. The molecule has 0 aliphatic carbocycles. The summed E-state index contributed by atoms with van der Waals surface area (Å²) < 4.78 is 1.97. The van der Waals surface area contributed by atoms with Crippen molar-refractivity contribution in [3.63, 3.8) is 0 Å². The number of rotatable bonds is 4. The predicted molar refractivity (Wildman–Crippen MR) is 95.2 cm³/mol. The number of nitrogens with one attached hydrogen (secondary N) is 1. The summed E-state index contributed by atoms with van der Waals surface area (Å²) in [6.45, 7) is 1.39. The van der Waals surface area contributed by atoms with Gasteiger partial charge in [0.2, 0.25) is 0 Å². The average molecular weight is 335 g/mol. The second-order valence-electron chi connectivity index (χ2n) is 6.31.